The van der Waals surface area contributed by atoms with Crippen molar-refractivity contribution in [3.8, 4) is 0 Å². The normalized spacial score (nSPS) is 16.0. The van der Waals surface area contributed by atoms with Gasteiger partial charge < -0.3 is 15.5 Å². The van der Waals surface area contributed by atoms with Gasteiger partial charge in [-0.25, -0.2) is 0 Å². The average molecular weight is 324 g/mol. The third-order valence-corrected chi connectivity index (χ3v) is 5.21. The minimum atomic E-state index is -0.386. The number of hydrogen-bond donors (Lipinski definition) is 1. The second-order valence-electron chi connectivity index (χ2n) is 5.95. The summed E-state index contributed by atoms with van der Waals surface area (Å²) in [6, 6.07) is 7.87. The first-order valence-electron chi connectivity index (χ1n) is 8.06. The highest BCUT2D eigenvalue weighted by Gasteiger charge is 2.37. The lowest BCUT2D eigenvalue weighted by Crippen LogP contribution is -2.54. The van der Waals surface area contributed by atoms with E-state index in [1.807, 2.05) is 29.2 Å². The number of hydrogen-bond acceptors (Lipinski definition) is 3. The Morgan fingerprint density at radius 2 is 1.68 bits per heavy atom. The molecule has 22 heavy (non-hydrogen) atoms. The predicted octanol–water partition coefficient (Wildman–Crippen LogP) is 2.75. The van der Waals surface area contributed by atoms with Crippen LogP contribution >= 0.6 is 11.6 Å². The highest BCUT2D eigenvalue weighted by molar-refractivity contribution is 6.30. The summed E-state index contributed by atoms with van der Waals surface area (Å²) in [5.74, 6) is 0.218. The minimum absolute atomic E-state index is 0.218. The number of carbonyl (C=O) groups excluding carboxylic acids is 1. The Hall–Kier alpha value is -1.26. The molecule has 1 aliphatic rings. The van der Waals surface area contributed by atoms with Crippen LogP contribution in [0.25, 0.3) is 0 Å². The molecule has 0 radical (unpaired) electrons. The third-order valence-electron chi connectivity index (χ3n) is 4.96. The van der Waals surface area contributed by atoms with Crippen LogP contribution in [0, 0.1) is 5.41 Å². The fourth-order valence-electron chi connectivity index (χ4n) is 3.08. The molecule has 0 aliphatic carbocycles. The van der Waals surface area contributed by atoms with E-state index < -0.39 is 0 Å². The Balaban J connectivity index is 1.99. The summed E-state index contributed by atoms with van der Waals surface area (Å²) < 4.78 is 0. The number of nitrogens with zero attached hydrogens (tertiary/aromatic N) is 2. The van der Waals surface area contributed by atoms with Gasteiger partial charge in [0.15, 0.2) is 0 Å². The molecule has 5 heteroatoms. The van der Waals surface area contributed by atoms with E-state index in [1.54, 1.807) is 0 Å². The van der Waals surface area contributed by atoms with Crippen LogP contribution in [0.5, 0.6) is 0 Å². The molecule has 0 spiro atoms. The van der Waals surface area contributed by atoms with E-state index in [-0.39, 0.29) is 11.3 Å². The summed E-state index contributed by atoms with van der Waals surface area (Å²) in [7, 11) is 0. The summed E-state index contributed by atoms with van der Waals surface area (Å²) in [5.41, 5.74) is 6.67. The maximum Gasteiger partial charge on any atom is 0.230 e. The lowest BCUT2D eigenvalue weighted by Gasteiger charge is -2.41. The average Bonchev–Trinajstić information content (AvgIpc) is 2.58. The van der Waals surface area contributed by atoms with Crippen LogP contribution in [0.4, 0.5) is 5.69 Å². The van der Waals surface area contributed by atoms with Crippen LogP contribution in [-0.4, -0.2) is 43.5 Å². The topological polar surface area (TPSA) is 49.6 Å². The zero-order valence-electron chi connectivity index (χ0n) is 13.5. The number of anilines is 1. The first-order valence-corrected chi connectivity index (χ1v) is 8.44. The third kappa shape index (κ3) is 3.39. The van der Waals surface area contributed by atoms with E-state index in [2.05, 4.69) is 18.7 Å². The highest BCUT2D eigenvalue weighted by Crippen LogP contribution is 2.29. The highest BCUT2D eigenvalue weighted by atomic mass is 35.5. The van der Waals surface area contributed by atoms with Crippen molar-refractivity contribution < 1.29 is 4.79 Å². The smallest absolute Gasteiger partial charge is 0.230 e. The van der Waals surface area contributed by atoms with Crippen molar-refractivity contribution in [2.45, 2.75) is 26.7 Å². The molecule has 4 nitrogen and oxygen atoms in total. The van der Waals surface area contributed by atoms with Gasteiger partial charge in [0, 0.05) is 43.4 Å². The van der Waals surface area contributed by atoms with Gasteiger partial charge in [-0.3, -0.25) is 4.79 Å². The number of nitrogens with two attached hydrogens (primary N) is 1. The molecule has 1 aromatic carbocycles. The molecule has 1 saturated heterocycles. The maximum absolute atomic E-state index is 12.8. The number of benzene rings is 1. The zero-order valence-corrected chi connectivity index (χ0v) is 14.3. The molecule has 122 valence electrons. The number of carbonyl (C=O) groups is 1. The van der Waals surface area contributed by atoms with Gasteiger partial charge in [-0.1, -0.05) is 25.4 Å². The standard InChI is InChI=1S/C17H26ClN3O/c1-3-17(4-2,13-19)16(22)21-11-9-20(10-12-21)15-7-5-14(18)6-8-15/h5-8H,3-4,9-13,19H2,1-2H3. The molecular weight excluding hydrogens is 298 g/mol. The van der Waals surface area contributed by atoms with Gasteiger partial charge in [-0.2, -0.15) is 0 Å². The fourth-order valence-corrected chi connectivity index (χ4v) is 3.21. The Morgan fingerprint density at radius 1 is 1.14 bits per heavy atom. The van der Waals surface area contributed by atoms with E-state index >= 15 is 0 Å². The summed E-state index contributed by atoms with van der Waals surface area (Å²) in [4.78, 5) is 17.1. The Morgan fingerprint density at radius 3 is 2.14 bits per heavy atom. The predicted molar refractivity (Wildman–Crippen MR) is 92.3 cm³/mol. The van der Waals surface area contributed by atoms with Crippen molar-refractivity contribution >= 4 is 23.2 Å². The number of amides is 1. The van der Waals surface area contributed by atoms with Crippen molar-refractivity contribution in [1.82, 2.24) is 4.90 Å². The molecule has 0 bridgehead atoms. The van der Waals surface area contributed by atoms with Gasteiger partial charge in [0.2, 0.25) is 5.91 Å². The van der Waals surface area contributed by atoms with Crippen molar-refractivity contribution in [3.05, 3.63) is 29.3 Å². The number of halogens is 1. The van der Waals surface area contributed by atoms with E-state index in [4.69, 9.17) is 17.3 Å². The second kappa shape index (κ2) is 7.34. The molecule has 1 aliphatic heterocycles. The molecule has 0 aromatic heterocycles. The van der Waals surface area contributed by atoms with Crippen LogP contribution in [0.1, 0.15) is 26.7 Å². The zero-order chi connectivity index (χ0) is 16.2. The van der Waals surface area contributed by atoms with Crippen LogP contribution < -0.4 is 10.6 Å². The summed E-state index contributed by atoms with van der Waals surface area (Å²) in [6.07, 6.45) is 1.60. The Bertz CT molecular complexity index is 483. The lowest BCUT2D eigenvalue weighted by atomic mass is 9.81. The van der Waals surface area contributed by atoms with Crippen molar-refractivity contribution in [1.29, 1.82) is 0 Å². The van der Waals surface area contributed by atoms with Gasteiger partial charge in [0.05, 0.1) is 5.41 Å². The number of rotatable bonds is 5. The number of piperazine rings is 1. The lowest BCUT2D eigenvalue weighted by molar-refractivity contribution is -0.142. The molecule has 2 rings (SSSR count). The molecule has 1 heterocycles. The fraction of sp³-hybridized carbons (Fsp3) is 0.588. The SMILES string of the molecule is CCC(CC)(CN)C(=O)N1CCN(c2ccc(Cl)cc2)CC1. The van der Waals surface area contributed by atoms with Gasteiger partial charge >= 0.3 is 0 Å². The van der Waals surface area contributed by atoms with E-state index in [9.17, 15) is 4.79 Å². The van der Waals surface area contributed by atoms with Crippen LogP contribution in [0.2, 0.25) is 5.02 Å². The first-order chi connectivity index (χ1) is 10.6. The van der Waals surface area contributed by atoms with Gasteiger partial charge in [-0.05, 0) is 37.1 Å². The molecule has 2 N–H and O–H groups in total. The van der Waals surface area contributed by atoms with E-state index in [0.29, 0.717) is 6.54 Å². The Labute approximate surface area is 138 Å². The second-order valence-corrected chi connectivity index (χ2v) is 6.38. The van der Waals surface area contributed by atoms with Crippen molar-refractivity contribution in [2.75, 3.05) is 37.6 Å². The molecule has 0 saturated carbocycles. The molecule has 1 fully saturated rings. The van der Waals surface area contributed by atoms with Crippen LogP contribution in [0.3, 0.4) is 0 Å². The molecule has 1 aromatic rings. The quantitative estimate of drug-likeness (QED) is 0.906. The monoisotopic (exact) mass is 323 g/mol. The molecular formula is C17H26ClN3O. The van der Waals surface area contributed by atoms with Crippen molar-refractivity contribution in [3.63, 3.8) is 0 Å². The first kappa shape index (κ1) is 17.1. The van der Waals surface area contributed by atoms with Crippen molar-refractivity contribution in [2.24, 2.45) is 11.1 Å². The Kier molecular flexibility index (Phi) is 5.70. The summed E-state index contributed by atoms with van der Waals surface area (Å²) >= 11 is 5.93. The van der Waals surface area contributed by atoms with Crippen LogP contribution in [0.15, 0.2) is 24.3 Å². The van der Waals surface area contributed by atoms with E-state index in [1.165, 1.54) is 0 Å². The van der Waals surface area contributed by atoms with Crippen LogP contribution in [-0.2, 0) is 4.79 Å². The summed E-state index contributed by atoms with van der Waals surface area (Å²) in [6.45, 7) is 7.74. The van der Waals surface area contributed by atoms with Gasteiger partial charge in [-0.15, -0.1) is 0 Å². The van der Waals surface area contributed by atoms with E-state index in [0.717, 1.165) is 49.7 Å². The molecule has 0 unspecified atom stereocenters. The largest absolute Gasteiger partial charge is 0.368 e. The van der Waals surface area contributed by atoms with Gasteiger partial charge in [0.1, 0.15) is 0 Å². The van der Waals surface area contributed by atoms with Gasteiger partial charge in [0.25, 0.3) is 0 Å². The maximum atomic E-state index is 12.8. The molecule has 0 atom stereocenters. The minimum Gasteiger partial charge on any atom is -0.368 e. The molecule has 1 amide bonds. The summed E-state index contributed by atoms with van der Waals surface area (Å²) in [5, 5.41) is 0.746.